The number of hydrogen-bond acceptors (Lipinski definition) is 1. The van der Waals surface area contributed by atoms with Crippen molar-refractivity contribution < 1.29 is 0 Å². The second-order valence-corrected chi connectivity index (χ2v) is 5.86. The van der Waals surface area contributed by atoms with Crippen molar-refractivity contribution in [2.24, 2.45) is 0 Å². The summed E-state index contributed by atoms with van der Waals surface area (Å²) < 4.78 is 0. The van der Waals surface area contributed by atoms with E-state index in [0.29, 0.717) is 6.04 Å². The molecule has 0 saturated heterocycles. The SMILES string of the molecule is CC(Cc1ccc2c(c1)CCCC2)NC1CC1. The number of aryl methyl sites for hydroxylation is 2. The van der Waals surface area contributed by atoms with E-state index in [1.807, 2.05) is 0 Å². The van der Waals surface area contributed by atoms with Gasteiger partial charge < -0.3 is 5.32 Å². The maximum atomic E-state index is 3.68. The van der Waals surface area contributed by atoms with Gasteiger partial charge in [0.1, 0.15) is 0 Å². The van der Waals surface area contributed by atoms with Gasteiger partial charge in [-0.05, 0) is 68.6 Å². The van der Waals surface area contributed by atoms with E-state index in [0.717, 1.165) is 6.04 Å². The molecule has 92 valence electrons. The van der Waals surface area contributed by atoms with Crippen LogP contribution in [-0.4, -0.2) is 12.1 Å². The molecule has 0 aliphatic heterocycles. The van der Waals surface area contributed by atoms with E-state index in [1.54, 1.807) is 11.1 Å². The third-order valence-corrected chi connectivity index (χ3v) is 4.05. The molecule has 1 fully saturated rings. The molecule has 17 heavy (non-hydrogen) atoms. The molecule has 0 spiro atoms. The molecular formula is C16H23N. The fraction of sp³-hybridized carbons (Fsp3) is 0.625. The van der Waals surface area contributed by atoms with Crippen LogP contribution in [0.1, 0.15) is 49.3 Å². The number of nitrogens with one attached hydrogen (secondary N) is 1. The van der Waals surface area contributed by atoms with Crippen molar-refractivity contribution in [3.05, 3.63) is 34.9 Å². The standard InChI is InChI=1S/C16H23N/c1-12(17-16-8-9-16)10-13-6-7-14-4-2-3-5-15(14)11-13/h6-7,11-12,16-17H,2-5,8-10H2,1H3. The highest BCUT2D eigenvalue weighted by Gasteiger charge is 2.22. The summed E-state index contributed by atoms with van der Waals surface area (Å²) in [5, 5.41) is 3.68. The van der Waals surface area contributed by atoms with Crippen LogP contribution in [-0.2, 0) is 19.3 Å². The maximum absolute atomic E-state index is 3.68. The lowest BCUT2D eigenvalue weighted by molar-refractivity contribution is 0.542. The van der Waals surface area contributed by atoms with Crippen molar-refractivity contribution in [3.63, 3.8) is 0 Å². The topological polar surface area (TPSA) is 12.0 Å². The summed E-state index contributed by atoms with van der Waals surface area (Å²) in [6.45, 7) is 2.32. The molecule has 1 unspecified atom stereocenters. The first kappa shape index (κ1) is 11.3. The van der Waals surface area contributed by atoms with Crippen LogP contribution >= 0.6 is 0 Å². The van der Waals surface area contributed by atoms with Gasteiger partial charge in [-0.15, -0.1) is 0 Å². The molecule has 0 bridgehead atoms. The number of rotatable bonds is 4. The van der Waals surface area contributed by atoms with Gasteiger partial charge in [0, 0.05) is 12.1 Å². The molecule has 1 aromatic rings. The Kier molecular flexibility index (Phi) is 3.19. The minimum Gasteiger partial charge on any atom is -0.311 e. The Morgan fingerprint density at radius 2 is 1.94 bits per heavy atom. The molecule has 1 aromatic carbocycles. The van der Waals surface area contributed by atoms with Crippen molar-refractivity contribution in [3.8, 4) is 0 Å². The van der Waals surface area contributed by atoms with E-state index < -0.39 is 0 Å². The quantitative estimate of drug-likeness (QED) is 0.835. The summed E-state index contributed by atoms with van der Waals surface area (Å²) in [5.41, 5.74) is 4.74. The summed E-state index contributed by atoms with van der Waals surface area (Å²) in [7, 11) is 0. The Bertz CT molecular complexity index is 393. The van der Waals surface area contributed by atoms with Gasteiger partial charge in [-0.3, -0.25) is 0 Å². The third kappa shape index (κ3) is 2.90. The molecule has 3 rings (SSSR count). The molecule has 2 aliphatic carbocycles. The zero-order chi connectivity index (χ0) is 11.7. The lowest BCUT2D eigenvalue weighted by atomic mass is 9.89. The van der Waals surface area contributed by atoms with Crippen LogP contribution in [0.3, 0.4) is 0 Å². The van der Waals surface area contributed by atoms with Gasteiger partial charge in [-0.1, -0.05) is 18.2 Å². The lowest BCUT2D eigenvalue weighted by Gasteiger charge is -2.18. The predicted octanol–water partition coefficient (Wildman–Crippen LogP) is 3.25. The van der Waals surface area contributed by atoms with Crippen molar-refractivity contribution in [1.29, 1.82) is 0 Å². The first-order valence-electron chi connectivity index (χ1n) is 7.18. The highest BCUT2D eigenvalue weighted by atomic mass is 15.0. The van der Waals surface area contributed by atoms with Crippen LogP contribution in [0.5, 0.6) is 0 Å². The van der Waals surface area contributed by atoms with Gasteiger partial charge in [0.2, 0.25) is 0 Å². The summed E-state index contributed by atoms with van der Waals surface area (Å²) in [4.78, 5) is 0. The molecule has 0 heterocycles. The van der Waals surface area contributed by atoms with E-state index in [9.17, 15) is 0 Å². The number of benzene rings is 1. The first-order valence-corrected chi connectivity index (χ1v) is 7.18. The first-order chi connectivity index (χ1) is 8.31. The average molecular weight is 229 g/mol. The Morgan fingerprint density at radius 3 is 2.71 bits per heavy atom. The van der Waals surface area contributed by atoms with Crippen molar-refractivity contribution in [2.75, 3.05) is 0 Å². The summed E-state index contributed by atoms with van der Waals surface area (Å²) in [6.07, 6.45) is 9.31. The van der Waals surface area contributed by atoms with Crippen LogP contribution in [0.2, 0.25) is 0 Å². The summed E-state index contributed by atoms with van der Waals surface area (Å²) in [5.74, 6) is 0. The number of hydrogen-bond donors (Lipinski definition) is 1. The highest BCUT2D eigenvalue weighted by molar-refractivity contribution is 5.34. The normalized spacial score (nSPS) is 21.0. The van der Waals surface area contributed by atoms with E-state index >= 15 is 0 Å². The zero-order valence-corrected chi connectivity index (χ0v) is 10.8. The Morgan fingerprint density at radius 1 is 1.18 bits per heavy atom. The fourth-order valence-electron chi connectivity index (χ4n) is 2.98. The Balaban J connectivity index is 1.65. The van der Waals surface area contributed by atoms with Gasteiger partial charge in [0.25, 0.3) is 0 Å². The van der Waals surface area contributed by atoms with Crippen LogP contribution in [0.4, 0.5) is 0 Å². The molecule has 1 saturated carbocycles. The lowest BCUT2D eigenvalue weighted by Crippen LogP contribution is -2.29. The second-order valence-electron chi connectivity index (χ2n) is 5.86. The van der Waals surface area contributed by atoms with Crippen molar-refractivity contribution in [1.82, 2.24) is 5.32 Å². The summed E-state index contributed by atoms with van der Waals surface area (Å²) >= 11 is 0. The second kappa shape index (κ2) is 4.81. The Labute approximate surface area is 105 Å². The third-order valence-electron chi connectivity index (χ3n) is 4.05. The van der Waals surface area contributed by atoms with Gasteiger partial charge >= 0.3 is 0 Å². The maximum Gasteiger partial charge on any atom is 0.00817 e. The van der Waals surface area contributed by atoms with E-state index in [-0.39, 0.29) is 0 Å². The summed E-state index contributed by atoms with van der Waals surface area (Å²) in [6, 6.07) is 8.62. The van der Waals surface area contributed by atoms with Gasteiger partial charge in [-0.2, -0.15) is 0 Å². The molecule has 2 aliphatic rings. The van der Waals surface area contributed by atoms with Gasteiger partial charge in [-0.25, -0.2) is 0 Å². The smallest absolute Gasteiger partial charge is 0.00817 e. The van der Waals surface area contributed by atoms with E-state index in [2.05, 4.69) is 30.4 Å². The van der Waals surface area contributed by atoms with Crippen LogP contribution in [0, 0.1) is 0 Å². The largest absolute Gasteiger partial charge is 0.311 e. The van der Waals surface area contributed by atoms with Crippen LogP contribution in [0.15, 0.2) is 18.2 Å². The zero-order valence-electron chi connectivity index (χ0n) is 10.8. The van der Waals surface area contributed by atoms with Gasteiger partial charge in [0.05, 0.1) is 0 Å². The monoisotopic (exact) mass is 229 g/mol. The fourth-order valence-corrected chi connectivity index (χ4v) is 2.98. The highest BCUT2D eigenvalue weighted by Crippen LogP contribution is 2.23. The van der Waals surface area contributed by atoms with E-state index in [4.69, 9.17) is 0 Å². The molecule has 1 heteroatoms. The predicted molar refractivity (Wildman–Crippen MR) is 72.4 cm³/mol. The van der Waals surface area contributed by atoms with Gasteiger partial charge in [0.15, 0.2) is 0 Å². The Hall–Kier alpha value is -0.820. The van der Waals surface area contributed by atoms with E-state index in [1.165, 1.54) is 50.5 Å². The molecule has 1 N–H and O–H groups in total. The average Bonchev–Trinajstić information content (AvgIpc) is 3.12. The van der Waals surface area contributed by atoms with Crippen molar-refractivity contribution >= 4 is 0 Å². The number of fused-ring (bicyclic) bond motifs is 1. The van der Waals surface area contributed by atoms with Crippen molar-refractivity contribution in [2.45, 2.75) is 64.0 Å². The van der Waals surface area contributed by atoms with Crippen LogP contribution < -0.4 is 5.32 Å². The molecule has 0 aromatic heterocycles. The molecule has 0 radical (unpaired) electrons. The minimum absolute atomic E-state index is 0.629. The molecular weight excluding hydrogens is 206 g/mol. The molecule has 0 amide bonds. The minimum atomic E-state index is 0.629. The molecule has 1 nitrogen and oxygen atoms in total. The molecule has 1 atom stereocenters. The van der Waals surface area contributed by atoms with Crippen LogP contribution in [0.25, 0.3) is 0 Å².